The highest BCUT2D eigenvalue weighted by molar-refractivity contribution is 7.09. The number of likely N-dealkylation sites (tertiary alicyclic amines) is 1. The van der Waals surface area contributed by atoms with Crippen LogP contribution in [0, 0.1) is 13.8 Å². The third-order valence-corrected chi connectivity index (χ3v) is 5.63. The molecule has 26 heavy (non-hydrogen) atoms. The van der Waals surface area contributed by atoms with E-state index >= 15 is 0 Å². The predicted octanol–water partition coefficient (Wildman–Crippen LogP) is 2.94. The lowest BCUT2D eigenvalue weighted by Crippen LogP contribution is -2.22. The molecule has 3 aromatic rings. The molecule has 0 bridgehead atoms. The molecule has 0 radical (unpaired) electrons. The highest BCUT2D eigenvalue weighted by atomic mass is 32.1. The van der Waals surface area contributed by atoms with Crippen LogP contribution in [0.5, 0.6) is 0 Å². The molecule has 0 spiro atoms. The van der Waals surface area contributed by atoms with Crippen molar-refractivity contribution in [1.82, 2.24) is 24.8 Å². The standard InChI is InChI=1S/C18H23N5O2S/c1-12-17(7-19-22(12)3)18-6-16(25-21-18)9-23-5-4-15(8-23)24-10-14-11-26-13(2)20-14/h6-7,11,15H,4-5,8-10H2,1-3H3. The maximum atomic E-state index is 6.01. The third-order valence-electron chi connectivity index (χ3n) is 4.81. The lowest BCUT2D eigenvalue weighted by atomic mass is 10.2. The van der Waals surface area contributed by atoms with E-state index in [9.17, 15) is 0 Å². The van der Waals surface area contributed by atoms with Crippen LogP contribution in [0.2, 0.25) is 0 Å². The molecule has 7 nitrogen and oxygen atoms in total. The van der Waals surface area contributed by atoms with Gasteiger partial charge in [0.25, 0.3) is 0 Å². The van der Waals surface area contributed by atoms with Gasteiger partial charge in [0.15, 0.2) is 5.76 Å². The van der Waals surface area contributed by atoms with Gasteiger partial charge in [0, 0.05) is 42.8 Å². The van der Waals surface area contributed by atoms with Gasteiger partial charge < -0.3 is 9.26 Å². The second-order valence-electron chi connectivity index (χ2n) is 6.76. The first-order chi connectivity index (χ1) is 12.6. The van der Waals surface area contributed by atoms with Crippen LogP contribution in [0.25, 0.3) is 11.3 Å². The molecule has 1 saturated heterocycles. The molecule has 0 aromatic carbocycles. The minimum atomic E-state index is 0.250. The first-order valence-corrected chi connectivity index (χ1v) is 9.66. The van der Waals surface area contributed by atoms with E-state index in [1.54, 1.807) is 11.3 Å². The molecule has 4 heterocycles. The van der Waals surface area contributed by atoms with Crippen molar-refractivity contribution in [2.75, 3.05) is 13.1 Å². The summed E-state index contributed by atoms with van der Waals surface area (Å²) in [6.07, 6.45) is 3.11. The second-order valence-corrected chi connectivity index (χ2v) is 7.82. The summed E-state index contributed by atoms with van der Waals surface area (Å²) in [5, 5.41) is 11.6. The highest BCUT2D eigenvalue weighted by Gasteiger charge is 2.24. The van der Waals surface area contributed by atoms with Crippen molar-refractivity contribution in [2.24, 2.45) is 7.05 Å². The quantitative estimate of drug-likeness (QED) is 0.662. The summed E-state index contributed by atoms with van der Waals surface area (Å²) in [7, 11) is 1.93. The van der Waals surface area contributed by atoms with Gasteiger partial charge >= 0.3 is 0 Å². The zero-order valence-electron chi connectivity index (χ0n) is 15.3. The molecule has 3 aromatic heterocycles. The van der Waals surface area contributed by atoms with Crippen molar-refractivity contribution >= 4 is 11.3 Å². The van der Waals surface area contributed by atoms with Gasteiger partial charge in [0.1, 0.15) is 5.69 Å². The van der Waals surface area contributed by atoms with Crippen LogP contribution in [0.1, 0.15) is 28.6 Å². The largest absolute Gasteiger partial charge is 0.371 e. The molecule has 0 N–H and O–H groups in total. The van der Waals surface area contributed by atoms with Crippen LogP contribution >= 0.6 is 11.3 Å². The second kappa shape index (κ2) is 7.30. The van der Waals surface area contributed by atoms with Gasteiger partial charge in [0.2, 0.25) is 0 Å². The van der Waals surface area contributed by atoms with E-state index in [-0.39, 0.29) is 6.10 Å². The summed E-state index contributed by atoms with van der Waals surface area (Å²) in [5.41, 5.74) is 3.97. The van der Waals surface area contributed by atoms with E-state index in [0.29, 0.717) is 6.61 Å². The summed E-state index contributed by atoms with van der Waals surface area (Å²) in [6.45, 7) is 7.30. The van der Waals surface area contributed by atoms with Gasteiger partial charge in [-0.1, -0.05) is 5.16 Å². The summed E-state index contributed by atoms with van der Waals surface area (Å²) in [4.78, 5) is 6.79. The monoisotopic (exact) mass is 373 g/mol. The van der Waals surface area contributed by atoms with Crippen molar-refractivity contribution < 1.29 is 9.26 Å². The molecule has 1 atom stereocenters. The van der Waals surface area contributed by atoms with Crippen molar-refractivity contribution in [1.29, 1.82) is 0 Å². The molecule has 1 unspecified atom stereocenters. The van der Waals surface area contributed by atoms with E-state index < -0.39 is 0 Å². The molecule has 1 aliphatic rings. The first-order valence-electron chi connectivity index (χ1n) is 8.78. The summed E-state index contributed by atoms with van der Waals surface area (Å²) < 4.78 is 13.4. The minimum absolute atomic E-state index is 0.250. The third kappa shape index (κ3) is 3.72. The number of rotatable bonds is 6. The molecule has 1 aliphatic heterocycles. The van der Waals surface area contributed by atoms with Gasteiger partial charge in [-0.3, -0.25) is 9.58 Å². The maximum Gasteiger partial charge on any atom is 0.151 e. The molecule has 4 rings (SSSR count). The van der Waals surface area contributed by atoms with Gasteiger partial charge in [-0.15, -0.1) is 11.3 Å². The molecular formula is C18H23N5O2S. The van der Waals surface area contributed by atoms with Crippen molar-refractivity contribution in [2.45, 2.75) is 39.5 Å². The number of hydrogen-bond acceptors (Lipinski definition) is 7. The van der Waals surface area contributed by atoms with E-state index in [2.05, 4.69) is 25.5 Å². The number of aromatic nitrogens is 4. The molecule has 1 fully saturated rings. The van der Waals surface area contributed by atoms with Gasteiger partial charge in [-0.25, -0.2) is 4.98 Å². The van der Waals surface area contributed by atoms with E-state index in [1.165, 1.54) is 0 Å². The summed E-state index contributed by atoms with van der Waals surface area (Å²) in [5.74, 6) is 0.874. The topological polar surface area (TPSA) is 69.2 Å². The number of thiazole rings is 1. The Hall–Kier alpha value is -2.03. The smallest absolute Gasteiger partial charge is 0.151 e. The van der Waals surface area contributed by atoms with Crippen LogP contribution in [0.4, 0.5) is 0 Å². The van der Waals surface area contributed by atoms with E-state index in [1.807, 2.05) is 37.8 Å². The fraction of sp³-hybridized carbons (Fsp3) is 0.500. The fourth-order valence-corrected chi connectivity index (χ4v) is 3.84. The van der Waals surface area contributed by atoms with Gasteiger partial charge in [-0.05, 0) is 20.3 Å². The Kier molecular flexibility index (Phi) is 4.88. The van der Waals surface area contributed by atoms with E-state index in [4.69, 9.17) is 9.26 Å². The van der Waals surface area contributed by atoms with Crippen LogP contribution in [-0.2, 0) is 24.9 Å². The van der Waals surface area contributed by atoms with Crippen LogP contribution < -0.4 is 0 Å². The number of hydrogen-bond donors (Lipinski definition) is 0. The number of aryl methyl sites for hydroxylation is 2. The van der Waals surface area contributed by atoms with Crippen LogP contribution in [0.15, 0.2) is 22.2 Å². The Labute approximate surface area is 156 Å². The zero-order chi connectivity index (χ0) is 18.1. The lowest BCUT2D eigenvalue weighted by molar-refractivity contribution is 0.0439. The minimum Gasteiger partial charge on any atom is -0.371 e. The first kappa shape index (κ1) is 17.4. The molecule has 8 heteroatoms. The average molecular weight is 373 g/mol. The fourth-order valence-electron chi connectivity index (χ4n) is 3.24. The van der Waals surface area contributed by atoms with Crippen LogP contribution in [-0.4, -0.2) is 44.0 Å². The van der Waals surface area contributed by atoms with Crippen molar-refractivity contribution in [3.63, 3.8) is 0 Å². The van der Waals surface area contributed by atoms with Crippen LogP contribution in [0.3, 0.4) is 0 Å². The Morgan fingerprint density at radius 3 is 3.00 bits per heavy atom. The molecule has 0 saturated carbocycles. The normalized spacial score (nSPS) is 18.0. The molecule has 0 amide bonds. The number of ether oxygens (including phenoxy) is 1. The Balaban J connectivity index is 1.31. The lowest BCUT2D eigenvalue weighted by Gasteiger charge is -2.14. The number of nitrogens with zero attached hydrogens (tertiary/aromatic N) is 5. The van der Waals surface area contributed by atoms with Gasteiger partial charge in [0.05, 0.1) is 36.2 Å². The predicted molar refractivity (Wildman–Crippen MR) is 98.8 cm³/mol. The molecular weight excluding hydrogens is 350 g/mol. The van der Waals surface area contributed by atoms with Gasteiger partial charge in [-0.2, -0.15) is 5.10 Å². The molecule has 0 aliphatic carbocycles. The molecule has 138 valence electrons. The Morgan fingerprint density at radius 2 is 2.27 bits per heavy atom. The van der Waals surface area contributed by atoms with Crippen molar-refractivity contribution in [3.8, 4) is 11.3 Å². The highest BCUT2D eigenvalue weighted by Crippen LogP contribution is 2.24. The zero-order valence-corrected chi connectivity index (χ0v) is 16.1. The summed E-state index contributed by atoms with van der Waals surface area (Å²) in [6, 6.07) is 2.01. The summed E-state index contributed by atoms with van der Waals surface area (Å²) >= 11 is 1.67. The Morgan fingerprint density at radius 1 is 1.38 bits per heavy atom. The Bertz CT molecular complexity index is 884. The SMILES string of the molecule is Cc1nc(COC2CCN(Cc3cc(-c4cnn(C)c4C)no3)C2)cs1. The average Bonchev–Trinajstić information content (AvgIpc) is 3.38. The van der Waals surface area contributed by atoms with E-state index in [0.717, 1.165) is 59.5 Å². The maximum absolute atomic E-state index is 6.01. The van der Waals surface area contributed by atoms with Crippen molar-refractivity contribution in [3.05, 3.63) is 39.8 Å².